The van der Waals surface area contributed by atoms with Crippen molar-refractivity contribution in [1.82, 2.24) is 4.98 Å². The van der Waals surface area contributed by atoms with Crippen molar-refractivity contribution in [2.75, 3.05) is 5.75 Å². The van der Waals surface area contributed by atoms with Crippen molar-refractivity contribution in [2.24, 2.45) is 11.7 Å². The molecule has 3 heteroatoms. The molecule has 0 radical (unpaired) electrons. The molecule has 2 N–H and O–H groups in total. The summed E-state index contributed by atoms with van der Waals surface area (Å²) in [6, 6.07) is 4.17. The SMILES string of the molecule is CCC(C)CSc1cc(C(C)N)ccn1. The Hall–Kier alpha value is -0.540. The van der Waals surface area contributed by atoms with Crippen molar-refractivity contribution in [2.45, 2.75) is 38.3 Å². The van der Waals surface area contributed by atoms with E-state index in [1.807, 2.05) is 30.9 Å². The Morgan fingerprint density at radius 3 is 2.80 bits per heavy atom. The fourth-order valence-corrected chi connectivity index (χ4v) is 2.18. The number of rotatable bonds is 5. The second-order valence-corrected chi connectivity index (χ2v) is 5.08. The highest BCUT2D eigenvalue weighted by Crippen LogP contribution is 2.22. The summed E-state index contributed by atoms with van der Waals surface area (Å²) in [5.74, 6) is 1.88. The predicted octanol–water partition coefficient (Wildman–Crippen LogP) is 3.24. The first-order valence-corrected chi connectivity index (χ1v) is 6.46. The van der Waals surface area contributed by atoms with E-state index >= 15 is 0 Å². The molecule has 0 amide bonds. The van der Waals surface area contributed by atoms with Crippen LogP contribution >= 0.6 is 11.8 Å². The molecule has 0 fully saturated rings. The standard InChI is InChI=1S/C12H20N2S/c1-4-9(2)8-15-12-7-11(10(3)13)5-6-14-12/h5-7,9-10H,4,8,13H2,1-3H3. The van der Waals surface area contributed by atoms with Gasteiger partial charge in [0.25, 0.3) is 0 Å². The summed E-state index contributed by atoms with van der Waals surface area (Å²) in [5, 5.41) is 1.09. The van der Waals surface area contributed by atoms with Gasteiger partial charge in [0, 0.05) is 18.0 Å². The predicted molar refractivity (Wildman–Crippen MR) is 67.0 cm³/mol. The van der Waals surface area contributed by atoms with Gasteiger partial charge in [-0.05, 0) is 30.5 Å². The van der Waals surface area contributed by atoms with Gasteiger partial charge in [-0.25, -0.2) is 4.98 Å². The minimum Gasteiger partial charge on any atom is -0.324 e. The summed E-state index contributed by atoms with van der Waals surface area (Å²) in [6.07, 6.45) is 3.07. The van der Waals surface area contributed by atoms with E-state index in [4.69, 9.17) is 5.73 Å². The average molecular weight is 224 g/mol. The van der Waals surface area contributed by atoms with E-state index in [2.05, 4.69) is 24.9 Å². The molecule has 0 aromatic carbocycles. The fraction of sp³-hybridized carbons (Fsp3) is 0.583. The van der Waals surface area contributed by atoms with Crippen molar-refractivity contribution >= 4 is 11.8 Å². The topological polar surface area (TPSA) is 38.9 Å². The van der Waals surface area contributed by atoms with Crippen molar-refractivity contribution in [3.05, 3.63) is 23.9 Å². The first-order chi connectivity index (χ1) is 7.13. The van der Waals surface area contributed by atoms with Crippen LogP contribution in [0, 0.1) is 5.92 Å². The lowest BCUT2D eigenvalue weighted by atomic mass is 10.1. The highest BCUT2D eigenvalue weighted by molar-refractivity contribution is 7.99. The number of thioether (sulfide) groups is 1. The van der Waals surface area contributed by atoms with Crippen LogP contribution in [0.2, 0.25) is 0 Å². The van der Waals surface area contributed by atoms with Crippen LogP contribution in [0.3, 0.4) is 0 Å². The molecular formula is C12H20N2S. The molecular weight excluding hydrogens is 204 g/mol. The molecule has 1 aromatic rings. The van der Waals surface area contributed by atoms with Gasteiger partial charge >= 0.3 is 0 Å². The highest BCUT2D eigenvalue weighted by Gasteiger charge is 2.04. The zero-order chi connectivity index (χ0) is 11.3. The van der Waals surface area contributed by atoms with E-state index in [0.29, 0.717) is 0 Å². The summed E-state index contributed by atoms with van der Waals surface area (Å²) in [4.78, 5) is 4.34. The number of pyridine rings is 1. The summed E-state index contributed by atoms with van der Waals surface area (Å²) in [6.45, 7) is 6.48. The van der Waals surface area contributed by atoms with E-state index in [0.717, 1.165) is 22.3 Å². The third-order valence-corrected chi connectivity index (χ3v) is 3.75. The van der Waals surface area contributed by atoms with Crippen molar-refractivity contribution in [3.63, 3.8) is 0 Å². The van der Waals surface area contributed by atoms with E-state index < -0.39 is 0 Å². The number of aromatic nitrogens is 1. The van der Waals surface area contributed by atoms with E-state index in [1.165, 1.54) is 6.42 Å². The van der Waals surface area contributed by atoms with Crippen LogP contribution in [-0.2, 0) is 0 Å². The molecule has 1 heterocycles. The lowest BCUT2D eigenvalue weighted by Gasteiger charge is -2.09. The van der Waals surface area contributed by atoms with Gasteiger partial charge in [-0.15, -0.1) is 11.8 Å². The van der Waals surface area contributed by atoms with Crippen LogP contribution in [-0.4, -0.2) is 10.7 Å². The molecule has 15 heavy (non-hydrogen) atoms. The Balaban J connectivity index is 2.58. The van der Waals surface area contributed by atoms with Crippen LogP contribution < -0.4 is 5.73 Å². The van der Waals surface area contributed by atoms with Gasteiger partial charge < -0.3 is 5.73 Å². The third kappa shape index (κ3) is 4.22. The molecule has 0 saturated heterocycles. The van der Waals surface area contributed by atoms with Crippen LogP contribution in [0.1, 0.15) is 38.8 Å². The molecule has 1 aromatic heterocycles. The first kappa shape index (κ1) is 12.5. The second kappa shape index (κ2) is 6.13. The molecule has 0 spiro atoms. The van der Waals surface area contributed by atoms with Crippen LogP contribution in [0.4, 0.5) is 0 Å². The van der Waals surface area contributed by atoms with Gasteiger partial charge in [0.05, 0.1) is 5.03 Å². The van der Waals surface area contributed by atoms with Crippen LogP contribution in [0.5, 0.6) is 0 Å². The van der Waals surface area contributed by atoms with Crippen molar-refractivity contribution in [1.29, 1.82) is 0 Å². The highest BCUT2D eigenvalue weighted by atomic mass is 32.2. The molecule has 0 aliphatic carbocycles. The summed E-state index contributed by atoms with van der Waals surface area (Å²) in [7, 11) is 0. The van der Waals surface area contributed by atoms with Gasteiger partial charge in [-0.3, -0.25) is 0 Å². The maximum atomic E-state index is 5.83. The van der Waals surface area contributed by atoms with Gasteiger partial charge in [0.2, 0.25) is 0 Å². The summed E-state index contributed by atoms with van der Waals surface area (Å²) in [5.41, 5.74) is 6.99. The zero-order valence-corrected chi connectivity index (χ0v) is 10.6. The van der Waals surface area contributed by atoms with Crippen LogP contribution in [0.25, 0.3) is 0 Å². The smallest absolute Gasteiger partial charge is 0.0963 e. The van der Waals surface area contributed by atoms with Crippen molar-refractivity contribution in [3.8, 4) is 0 Å². The number of nitrogens with zero attached hydrogens (tertiary/aromatic N) is 1. The molecule has 0 bridgehead atoms. The molecule has 1 rings (SSSR count). The minimum atomic E-state index is 0.0935. The Bertz CT molecular complexity index is 299. The summed E-state index contributed by atoms with van der Waals surface area (Å²) < 4.78 is 0. The van der Waals surface area contributed by atoms with E-state index in [9.17, 15) is 0 Å². The summed E-state index contributed by atoms with van der Waals surface area (Å²) >= 11 is 1.82. The van der Waals surface area contributed by atoms with Gasteiger partial charge in [-0.2, -0.15) is 0 Å². The Kier molecular flexibility index (Phi) is 5.12. The van der Waals surface area contributed by atoms with E-state index in [-0.39, 0.29) is 6.04 Å². The van der Waals surface area contributed by atoms with Gasteiger partial charge in [-0.1, -0.05) is 20.3 Å². The Morgan fingerprint density at radius 2 is 2.20 bits per heavy atom. The van der Waals surface area contributed by atoms with Gasteiger partial charge in [0.15, 0.2) is 0 Å². The number of nitrogens with two attached hydrogens (primary N) is 1. The number of hydrogen-bond acceptors (Lipinski definition) is 3. The molecule has 0 saturated carbocycles. The maximum absolute atomic E-state index is 5.83. The largest absolute Gasteiger partial charge is 0.324 e. The Morgan fingerprint density at radius 1 is 1.47 bits per heavy atom. The minimum absolute atomic E-state index is 0.0935. The lowest BCUT2D eigenvalue weighted by Crippen LogP contribution is -2.05. The quantitative estimate of drug-likeness (QED) is 0.780. The monoisotopic (exact) mass is 224 g/mol. The second-order valence-electron chi connectivity index (χ2n) is 4.04. The Labute approximate surface area is 96.7 Å². The van der Waals surface area contributed by atoms with Crippen LogP contribution in [0.15, 0.2) is 23.4 Å². The lowest BCUT2D eigenvalue weighted by molar-refractivity contribution is 0.636. The third-order valence-electron chi connectivity index (χ3n) is 2.50. The van der Waals surface area contributed by atoms with Gasteiger partial charge in [0.1, 0.15) is 0 Å². The molecule has 2 nitrogen and oxygen atoms in total. The molecule has 0 aliphatic rings. The first-order valence-electron chi connectivity index (χ1n) is 5.47. The van der Waals surface area contributed by atoms with E-state index in [1.54, 1.807) is 0 Å². The molecule has 2 unspecified atom stereocenters. The molecule has 84 valence electrons. The molecule has 0 aliphatic heterocycles. The fourth-order valence-electron chi connectivity index (χ4n) is 1.13. The van der Waals surface area contributed by atoms with Crippen molar-refractivity contribution < 1.29 is 0 Å². The number of hydrogen-bond donors (Lipinski definition) is 1. The maximum Gasteiger partial charge on any atom is 0.0963 e. The zero-order valence-electron chi connectivity index (χ0n) is 9.73. The normalized spacial score (nSPS) is 14.9. The molecule has 2 atom stereocenters. The average Bonchev–Trinajstić information content (AvgIpc) is 2.26.